The monoisotopic (exact) mass is 468 g/mol. The molecule has 1 aliphatic heterocycles. The molecule has 1 atom stereocenters. The van der Waals surface area contributed by atoms with Crippen molar-refractivity contribution in [2.75, 3.05) is 32.8 Å². The molecule has 1 amide bonds. The number of halogens is 1. The quantitative estimate of drug-likeness (QED) is 0.312. The lowest BCUT2D eigenvalue weighted by molar-refractivity contribution is -0.896. The maximum absolute atomic E-state index is 13.4. The third-order valence-corrected chi connectivity index (χ3v) is 6.23. The van der Waals surface area contributed by atoms with Gasteiger partial charge in [0.15, 0.2) is 0 Å². The number of nitrogens with one attached hydrogen (secondary N) is 1. The zero-order valence-electron chi connectivity index (χ0n) is 20.1. The van der Waals surface area contributed by atoms with Crippen LogP contribution in [-0.4, -0.2) is 49.4 Å². The largest absolute Gasteiger partial charge is 0.872 e. The average molecular weight is 469 g/mol. The Bertz CT molecular complexity index is 1010. The van der Waals surface area contributed by atoms with Crippen molar-refractivity contribution < 1.29 is 28.7 Å². The number of ketones is 1. The second-order valence-corrected chi connectivity index (χ2v) is 8.46. The van der Waals surface area contributed by atoms with Crippen LogP contribution in [0.3, 0.4) is 0 Å². The van der Waals surface area contributed by atoms with Crippen LogP contribution in [0.5, 0.6) is 5.75 Å². The van der Waals surface area contributed by atoms with E-state index in [1.54, 1.807) is 24.3 Å². The fraction of sp³-hybridized carbons (Fsp3) is 0.407. The lowest BCUT2D eigenvalue weighted by Crippen LogP contribution is -3.11. The van der Waals surface area contributed by atoms with E-state index in [4.69, 9.17) is 4.74 Å². The van der Waals surface area contributed by atoms with Crippen molar-refractivity contribution >= 4 is 17.4 Å². The van der Waals surface area contributed by atoms with E-state index in [1.807, 2.05) is 6.92 Å². The van der Waals surface area contributed by atoms with Crippen molar-refractivity contribution in [3.63, 3.8) is 0 Å². The number of quaternary nitrogens is 1. The summed E-state index contributed by atoms with van der Waals surface area (Å²) in [5, 5.41) is 13.3. The Balaban J connectivity index is 1.99. The molecule has 1 N–H and O–H groups in total. The van der Waals surface area contributed by atoms with Gasteiger partial charge < -0.3 is 19.6 Å². The minimum absolute atomic E-state index is 0.0889. The Morgan fingerprint density at radius 1 is 1.03 bits per heavy atom. The summed E-state index contributed by atoms with van der Waals surface area (Å²) in [5.41, 5.74) is 0.762. The average Bonchev–Trinajstić information content (AvgIpc) is 3.10. The first-order chi connectivity index (χ1) is 16.4. The van der Waals surface area contributed by atoms with Crippen LogP contribution in [0.25, 0.3) is 5.76 Å². The maximum Gasteiger partial charge on any atom is 0.295 e. The van der Waals surface area contributed by atoms with E-state index in [0.29, 0.717) is 30.9 Å². The van der Waals surface area contributed by atoms with E-state index in [0.717, 1.165) is 26.1 Å². The van der Waals surface area contributed by atoms with Crippen LogP contribution in [0.15, 0.2) is 54.1 Å². The van der Waals surface area contributed by atoms with E-state index in [1.165, 1.54) is 34.1 Å². The third-order valence-electron chi connectivity index (χ3n) is 6.23. The van der Waals surface area contributed by atoms with Crippen LogP contribution in [-0.2, 0) is 9.59 Å². The van der Waals surface area contributed by atoms with Crippen LogP contribution in [0.4, 0.5) is 4.39 Å². The van der Waals surface area contributed by atoms with Gasteiger partial charge in [0.25, 0.3) is 5.91 Å². The highest BCUT2D eigenvalue weighted by Crippen LogP contribution is 2.39. The Morgan fingerprint density at radius 3 is 2.26 bits per heavy atom. The summed E-state index contributed by atoms with van der Waals surface area (Å²) >= 11 is 0. The van der Waals surface area contributed by atoms with E-state index in [9.17, 15) is 19.1 Å². The number of Topliss-reactive ketones (excluding diaryl/α,β-unsaturated/α-hetero) is 1. The van der Waals surface area contributed by atoms with Crippen molar-refractivity contribution in [2.45, 2.75) is 39.7 Å². The number of carbonyl (C=O) groups excluding carboxylic acids is 2. The number of ether oxygens (including phenoxy) is 1. The molecule has 7 heteroatoms. The molecule has 0 aromatic heterocycles. The summed E-state index contributed by atoms with van der Waals surface area (Å²) in [6.07, 6.45) is 1.59. The zero-order valence-corrected chi connectivity index (χ0v) is 20.1. The minimum atomic E-state index is -0.791. The molecule has 0 aliphatic carbocycles. The first kappa shape index (κ1) is 25.4. The number of amides is 1. The van der Waals surface area contributed by atoms with Gasteiger partial charge in [0.05, 0.1) is 32.3 Å². The molecule has 0 bridgehead atoms. The summed E-state index contributed by atoms with van der Waals surface area (Å²) in [4.78, 5) is 29.0. The van der Waals surface area contributed by atoms with Gasteiger partial charge >= 0.3 is 0 Å². The molecular formula is C27H33FN2O4. The molecule has 34 heavy (non-hydrogen) atoms. The van der Waals surface area contributed by atoms with Crippen LogP contribution >= 0.6 is 0 Å². The molecule has 3 rings (SSSR count). The molecule has 1 heterocycles. The van der Waals surface area contributed by atoms with Crippen LogP contribution in [0.1, 0.15) is 50.8 Å². The van der Waals surface area contributed by atoms with Gasteiger partial charge in [0.1, 0.15) is 11.6 Å². The number of benzene rings is 2. The standard InChI is InChI=1S/C27H33FN2O4/c1-4-18-34-22-14-10-19(11-15-22)24-23(25(31)20-8-12-21(28)13-9-20)26(32)27(33)30(24)17-7-16-29(5-2)6-3/h8-15,24,31H,4-7,16-18H2,1-3H3/b25-23+. The number of hydrogen-bond acceptors (Lipinski definition) is 4. The zero-order chi connectivity index (χ0) is 24.7. The molecule has 1 fully saturated rings. The SMILES string of the molecule is CCCOc1ccc(C2/C(=C(\[O-])c3ccc(F)cc3)C(=O)C(=O)N2CCC[NH+](CC)CC)cc1. The lowest BCUT2D eigenvalue weighted by atomic mass is 9.95. The Morgan fingerprint density at radius 2 is 1.68 bits per heavy atom. The highest BCUT2D eigenvalue weighted by molar-refractivity contribution is 6.46. The predicted molar refractivity (Wildman–Crippen MR) is 127 cm³/mol. The van der Waals surface area contributed by atoms with Crippen LogP contribution in [0, 0.1) is 5.82 Å². The smallest absolute Gasteiger partial charge is 0.295 e. The minimum Gasteiger partial charge on any atom is -0.872 e. The van der Waals surface area contributed by atoms with E-state index >= 15 is 0 Å². The number of carbonyl (C=O) groups is 2. The third kappa shape index (κ3) is 5.65. The van der Waals surface area contributed by atoms with Gasteiger partial charge in [-0.05, 0) is 55.7 Å². The van der Waals surface area contributed by atoms with Crippen molar-refractivity contribution in [3.05, 3.63) is 71.0 Å². The Labute approximate surface area is 200 Å². The lowest BCUT2D eigenvalue weighted by Gasteiger charge is -2.28. The van der Waals surface area contributed by atoms with Crippen molar-refractivity contribution in [3.8, 4) is 5.75 Å². The number of nitrogens with zero attached hydrogens (tertiary/aromatic N) is 1. The molecule has 2 aromatic rings. The highest BCUT2D eigenvalue weighted by atomic mass is 19.1. The van der Waals surface area contributed by atoms with Crippen LogP contribution < -0.4 is 14.7 Å². The van der Waals surface area contributed by atoms with Gasteiger partial charge in [-0.1, -0.05) is 36.9 Å². The van der Waals surface area contributed by atoms with Gasteiger partial charge in [-0.25, -0.2) is 4.39 Å². The van der Waals surface area contributed by atoms with Gasteiger partial charge in [-0.3, -0.25) is 9.59 Å². The second-order valence-electron chi connectivity index (χ2n) is 8.46. The molecule has 0 spiro atoms. The number of likely N-dealkylation sites (tertiary alicyclic amines) is 1. The first-order valence-electron chi connectivity index (χ1n) is 12.0. The molecular weight excluding hydrogens is 435 g/mol. The molecule has 2 aromatic carbocycles. The molecule has 0 radical (unpaired) electrons. The Hall–Kier alpha value is -3.19. The first-order valence-corrected chi connectivity index (χ1v) is 12.0. The molecule has 6 nitrogen and oxygen atoms in total. The maximum atomic E-state index is 13.4. The van der Waals surface area contributed by atoms with Gasteiger partial charge in [0, 0.05) is 18.5 Å². The van der Waals surface area contributed by atoms with Crippen molar-refractivity contribution in [2.24, 2.45) is 0 Å². The van der Waals surface area contributed by atoms with Gasteiger partial charge in [0.2, 0.25) is 5.78 Å². The van der Waals surface area contributed by atoms with Gasteiger partial charge in [-0.15, -0.1) is 0 Å². The molecule has 1 aliphatic rings. The summed E-state index contributed by atoms with van der Waals surface area (Å²) < 4.78 is 19.1. The normalized spacial score (nSPS) is 17.6. The molecule has 1 unspecified atom stereocenters. The molecule has 182 valence electrons. The summed E-state index contributed by atoms with van der Waals surface area (Å²) in [5.74, 6) is -1.80. The van der Waals surface area contributed by atoms with Crippen molar-refractivity contribution in [1.82, 2.24) is 4.90 Å². The highest BCUT2D eigenvalue weighted by Gasteiger charge is 2.44. The summed E-state index contributed by atoms with van der Waals surface area (Å²) in [6.45, 7) is 10.0. The number of rotatable bonds is 11. The molecule has 1 saturated heterocycles. The fourth-order valence-corrected chi connectivity index (χ4v) is 4.27. The molecule has 0 saturated carbocycles. The van der Waals surface area contributed by atoms with Crippen molar-refractivity contribution in [1.29, 1.82) is 0 Å². The topological polar surface area (TPSA) is 74.1 Å². The van der Waals surface area contributed by atoms with E-state index in [-0.39, 0.29) is 11.1 Å². The predicted octanol–water partition coefficient (Wildman–Crippen LogP) is 2.15. The van der Waals surface area contributed by atoms with E-state index < -0.39 is 29.3 Å². The fourth-order valence-electron chi connectivity index (χ4n) is 4.27. The second kappa shape index (κ2) is 11.8. The summed E-state index contributed by atoms with van der Waals surface area (Å²) in [7, 11) is 0. The van der Waals surface area contributed by atoms with Gasteiger partial charge in [-0.2, -0.15) is 0 Å². The summed E-state index contributed by atoms with van der Waals surface area (Å²) in [6, 6.07) is 11.4. The van der Waals surface area contributed by atoms with Crippen LogP contribution in [0.2, 0.25) is 0 Å². The number of hydrogen-bond donors (Lipinski definition) is 1. The van der Waals surface area contributed by atoms with E-state index in [2.05, 4.69) is 13.8 Å². The Kier molecular flexibility index (Phi) is 8.82.